The number of β-lactam (4-membered cyclic amide) rings is 1. The molecule has 35 heavy (non-hydrogen) atoms. The summed E-state index contributed by atoms with van der Waals surface area (Å²) >= 11 is 1.71. The molecule has 2 atom stereocenters. The Bertz CT molecular complexity index is 1000. The van der Waals surface area contributed by atoms with Gasteiger partial charge in [0.25, 0.3) is 0 Å². The predicted molar refractivity (Wildman–Crippen MR) is 135 cm³/mol. The van der Waals surface area contributed by atoms with Gasteiger partial charge in [-0.3, -0.25) is 10.1 Å². The Morgan fingerprint density at radius 3 is 2.23 bits per heavy atom. The van der Waals surface area contributed by atoms with E-state index in [9.17, 15) is 14.4 Å². The highest BCUT2D eigenvalue weighted by Gasteiger charge is 2.38. The lowest BCUT2D eigenvalue weighted by atomic mass is 9.96. The quantitative estimate of drug-likeness (QED) is 0.197. The second-order valence-corrected chi connectivity index (χ2v) is 9.17. The summed E-state index contributed by atoms with van der Waals surface area (Å²) in [4.78, 5) is 40.2. The van der Waals surface area contributed by atoms with Gasteiger partial charge in [0.15, 0.2) is 0 Å². The summed E-state index contributed by atoms with van der Waals surface area (Å²) in [5.41, 5.74) is 1.65. The number of hydrogen-bond donors (Lipinski definition) is 3. The van der Waals surface area contributed by atoms with Gasteiger partial charge in [0.1, 0.15) is 13.2 Å². The molecular weight excluding hydrogens is 468 g/mol. The molecule has 1 saturated heterocycles. The number of carbonyl (C=O) groups is 3. The fourth-order valence-corrected chi connectivity index (χ4v) is 4.40. The molecule has 0 unspecified atom stereocenters. The number of rotatable bonds is 10. The number of nitrogens with zero attached hydrogens (tertiary/aromatic N) is 1. The third-order valence-electron chi connectivity index (χ3n) is 5.16. The van der Waals surface area contributed by atoms with Crippen molar-refractivity contribution in [1.29, 1.82) is 0 Å². The van der Waals surface area contributed by atoms with Crippen LogP contribution in [0.1, 0.15) is 30.9 Å². The number of alkyl carbamates (subject to hydrolysis) is 1. The first-order valence-corrected chi connectivity index (χ1v) is 12.5. The number of benzene rings is 2. The van der Waals surface area contributed by atoms with E-state index in [0.717, 1.165) is 16.9 Å². The van der Waals surface area contributed by atoms with E-state index in [-0.39, 0.29) is 36.4 Å². The van der Waals surface area contributed by atoms with Gasteiger partial charge in [-0.2, -0.15) is 0 Å². The highest BCUT2D eigenvalue weighted by Crippen LogP contribution is 2.28. The van der Waals surface area contributed by atoms with Gasteiger partial charge in [0.05, 0.1) is 11.3 Å². The maximum absolute atomic E-state index is 12.3. The van der Waals surface area contributed by atoms with Crippen LogP contribution in [0.2, 0.25) is 0 Å². The molecule has 0 saturated carbocycles. The van der Waals surface area contributed by atoms with Crippen LogP contribution < -0.4 is 16.0 Å². The Morgan fingerprint density at radius 2 is 1.63 bits per heavy atom. The van der Waals surface area contributed by atoms with Crippen molar-refractivity contribution >= 4 is 35.8 Å². The number of amides is 3. The van der Waals surface area contributed by atoms with Gasteiger partial charge in [-0.15, -0.1) is 16.8 Å². The lowest BCUT2D eigenvalue weighted by Crippen LogP contribution is -2.56. The van der Waals surface area contributed by atoms with Gasteiger partial charge in [0.2, 0.25) is 11.9 Å². The molecule has 2 aromatic carbocycles. The third-order valence-corrected chi connectivity index (χ3v) is 6.30. The Kier molecular flexibility index (Phi) is 10.4. The molecule has 2 aromatic rings. The number of nitrogens with one attached hydrogen (secondary N) is 3. The van der Waals surface area contributed by atoms with E-state index >= 15 is 0 Å². The van der Waals surface area contributed by atoms with Crippen LogP contribution >= 0.6 is 11.8 Å². The van der Waals surface area contributed by atoms with Gasteiger partial charge >= 0.3 is 12.2 Å². The summed E-state index contributed by atoms with van der Waals surface area (Å²) in [6.07, 6.45) is -0.274. The Balaban J connectivity index is 1.51. The minimum absolute atomic E-state index is 0.0400. The second kappa shape index (κ2) is 14.0. The fraction of sp³-hybridized carbons (Fsp3) is 0.360. The van der Waals surface area contributed by atoms with Gasteiger partial charge in [-0.25, -0.2) is 9.59 Å². The van der Waals surface area contributed by atoms with E-state index in [2.05, 4.69) is 27.9 Å². The molecule has 186 valence electrons. The molecule has 3 N–H and O–H groups in total. The molecule has 1 aliphatic rings. The average Bonchev–Trinajstić information content (AvgIpc) is 2.87. The van der Waals surface area contributed by atoms with E-state index in [4.69, 9.17) is 9.47 Å². The summed E-state index contributed by atoms with van der Waals surface area (Å²) in [5, 5.41) is 8.44. The van der Waals surface area contributed by atoms with Crippen molar-refractivity contribution < 1.29 is 23.9 Å². The average molecular weight is 499 g/mol. The van der Waals surface area contributed by atoms with Gasteiger partial charge in [-0.1, -0.05) is 67.6 Å². The Morgan fingerprint density at radius 1 is 1.00 bits per heavy atom. The standard InChI is InChI=1S/C25H30N4O5S/c1-2-35-22-20(21(30)27-22)14-9-15-26-23(28-24(31)33-16-18-10-5-3-6-11-18)29-25(32)34-17-19-12-7-4-8-13-19/h3-8,10-13,20,22H,2,9,14-17H2,1H3,(H,27,30)(H2,26,28,29,31,32)/t20-,22+/m0/s1. The van der Waals surface area contributed by atoms with Crippen LogP contribution in [0.5, 0.6) is 0 Å². The summed E-state index contributed by atoms with van der Waals surface area (Å²) < 4.78 is 10.4. The molecule has 0 aromatic heterocycles. The monoisotopic (exact) mass is 498 g/mol. The molecular formula is C25H30N4O5S. The first-order valence-electron chi connectivity index (χ1n) is 11.5. The molecule has 1 fully saturated rings. The van der Waals surface area contributed by atoms with Crippen LogP contribution in [0.25, 0.3) is 0 Å². The van der Waals surface area contributed by atoms with Crippen molar-refractivity contribution in [3.63, 3.8) is 0 Å². The van der Waals surface area contributed by atoms with E-state index in [0.29, 0.717) is 19.4 Å². The molecule has 1 heterocycles. The molecule has 0 bridgehead atoms. The van der Waals surface area contributed by atoms with Crippen molar-refractivity contribution in [3.8, 4) is 0 Å². The topological polar surface area (TPSA) is 118 Å². The molecule has 3 amide bonds. The van der Waals surface area contributed by atoms with Crippen LogP contribution in [0, 0.1) is 5.92 Å². The zero-order valence-electron chi connectivity index (χ0n) is 19.6. The van der Waals surface area contributed by atoms with Crippen molar-refractivity contribution in [2.75, 3.05) is 12.3 Å². The van der Waals surface area contributed by atoms with Crippen LogP contribution in [-0.4, -0.2) is 41.7 Å². The van der Waals surface area contributed by atoms with E-state index in [1.54, 1.807) is 11.8 Å². The molecule has 10 heteroatoms. The number of guanidine groups is 1. The van der Waals surface area contributed by atoms with E-state index in [1.807, 2.05) is 60.7 Å². The SMILES string of the molecule is CCS[C@H]1NC(=O)[C@@H]1CCCN/C(=N\C(=O)OCc1ccccc1)NC(=O)OCc1ccccc1. The molecule has 3 rings (SSSR count). The van der Waals surface area contributed by atoms with Crippen molar-refractivity contribution in [3.05, 3.63) is 71.8 Å². The summed E-state index contributed by atoms with van der Waals surface area (Å²) in [7, 11) is 0. The summed E-state index contributed by atoms with van der Waals surface area (Å²) in [5.74, 6) is 0.869. The van der Waals surface area contributed by atoms with E-state index < -0.39 is 12.2 Å². The summed E-state index contributed by atoms with van der Waals surface area (Å²) in [6.45, 7) is 2.58. The number of hydrogen-bond acceptors (Lipinski definition) is 6. The van der Waals surface area contributed by atoms with E-state index in [1.165, 1.54) is 0 Å². The minimum atomic E-state index is -0.850. The van der Waals surface area contributed by atoms with Crippen LogP contribution in [-0.2, 0) is 27.5 Å². The van der Waals surface area contributed by atoms with Crippen LogP contribution in [0.15, 0.2) is 65.7 Å². The maximum Gasteiger partial charge on any atom is 0.437 e. The smallest absolute Gasteiger partial charge is 0.437 e. The van der Waals surface area contributed by atoms with Crippen molar-refractivity contribution in [2.45, 2.75) is 38.4 Å². The zero-order valence-corrected chi connectivity index (χ0v) is 20.4. The largest absolute Gasteiger partial charge is 0.444 e. The lowest BCUT2D eigenvalue weighted by Gasteiger charge is -2.36. The normalized spacial score (nSPS) is 17.1. The highest BCUT2D eigenvalue weighted by molar-refractivity contribution is 8.00. The number of carbonyl (C=O) groups excluding carboxylic acids is 3. The van der Waals surface area contributed by atoms with Crippen LogP contribution in [0.3, 0.4) is 0 Å². The first-order chi connectivity index (χ1) is 17.0. The Labute approximate surface area is 209 Å². The van der Waals surface area contributed by atoms with Crippen LogP contribution in [0.4, 0.5) is 9.59 Å². The number of aliphatic imine (C=N–C) groups is 1. The number of ether oxygens (including phenoxy) is 2. The van der Waals surface area contributed by atoms with Crippen molar-refractivity contribution in [2.24, 2.45) is 10.9 Å². The highest BCUT2D eigenvalue weighted by atomic mass is 32.2. The number of thioether (sulfide) groups is 1. The predicted octanol–water partition coefficient (Wildman–Crippen LogP) is 3.80. The molecule has 0 radical (unpaired) electrons. The zero-order chi connectivity index (χ0) is 24.9. The van der Waals surface area contributed by atoms with Gasteiger partial charge in [0, 0.05) is 6.54 Å². The molecule has 1 aliphatic heterocycles. The summed E-state index contributed by atoms with van der Waals surface area (Å²) in [6, 6.07) is 18.4. The molecule has 0 aliphatic carbocycles. The van der Waals surface area contributed by atoms with Gasteiger partial charge in [-0.05, 0) is 29.7 Å². The van der Waals surface area contributed by atoms with Crippen molar-refractivity contribution in [1.82, 2.24) is 16.0 Å². The fourth-order valence-electron chi connectivity index (χ4n) is 3.35. The third kappa shape index (κ3) is 8.97. The minimum Gasteiger partial charge on any atom is -0.444 e. The lowest BCUT2D eigenvalue weighted by molar-refractivity contribution is -0.132. The Hall–Kier alpha value is -3.53. The molecule has 9 nitrogen and oxygen atoms in total. The molecule has 0 spiro atoms. The maximum atomic E-state index is 12.3. The first kappa shape index (κ1) is 26.1. The second-order valence-electron chi connectivity index (χ2n) is 7.75. The van der Waals surface area contributed by atoms with Gasteiger partial charge < -0.3 is 20.1 Å².